The first-order valence-electron chi connectivity index (χ1n) is 9.65. The first kappa shape index (κ1) is 23.9. The van der Waals surface area contributed by atoms with Gasteiger partial charge in [0.15, 0.2) is 12.1 Å². The SMILES string of the molecule is CC(C=CC1(O)C(C)=CC(=O)CC1(C)C)=CCOC1OC(CO)C(O)C(O)C1O. The first-order valence-corrected chi connectivity index (χ1v) is 9.65. The lowest BCUT2D eigenvalue weighted by Crippen LogP contribution is -2.59. The standard InChI is InChI=1S/C21H32O8/c1-12(5-7-21(27)13(2)9-14(23)10-20(21,3)4)6-8-28-19-18(26)17(25)16(24)15(11-22)29-19/h5-7,9,15-19,22,24-27H,8,10-11H2,1-4H3. The summed E-state index contributed by atoms with van der Waals surface area (Å²) in [5.41, 5.74) is -0.551. The van der Waals surface area contributed by atoms with Crippen LogP contribution in [-0.2, 0) is 14.3 Å². The van der Waals surface area contributed by atoms with E-state index in [2.05, 4.69) is 0 Å². The van der Waals surface area contributed by atoms with E-state index in [1.807, 2.05) is 13.8 Å². The zero-order valence-electron chi connectivity index (χ0n) is 17.3. The molecule has 0 spiro atoms. The van der Waals surface area contributed by atoms with Crippen molar-refractivity contribution in [1.29, 1.82) is 0 Å². The van der Waals surface area contributed by atoms with E-state index in [1.165, 1.54) is 6.08 Å². The zero-order chi connectivity index (χ0) is 22.0. The Morgan fingerprint density at radius 1 is 1.28 bits per heavy atom. The summed E-state index contributed by atoms with van der Waals surface area (Å²) in [6.07, 6.45) is 0.197. The van der Waals surface area contributed by atoms with E-state index in [1.54, 1.807) is 32.1 Å². The van der Waals surface area contributed by atoms with Gasteiger partial charge in [0, 0.05) is 11.8 Å². The Kier molecular flexibility index (Phi) is 7.56. The average molecular weight is 412 g/mol. The highest BCUT2D eigenvalue weighted by molar-refractivity contribution is 5.92. The molecule has 5 N–H and O–H groups in total. The van der Waals surface area contributed by atoms with Gasteiger partial charge in [0.05, 0.1) is 13.2 Å². The van der Waals surface area contributed by atoms with E-state index < -0.39 is 48.3 Å². The molecule has 6 unspecified atom stereocenters. The van der Waals surface area contributed by atoms with Gasteiger partial charge >= 0.3 is 0 Å². The van der Waals surface area contributed by atoms with Gasteiger partial charge in [0.25, 0.3) is 0 Å². The fourth-order valence-corrected chi connectivity index (χ4v) is 3.66. The molecule has 1 aliphatic carbocycles. The predicted molar refractivity (Wildman–Crippen MR) is 105 cm³/mol. The van der Waals surface area contributed by atoms with Crippen molar-refractivity contribution in [2.24, 2.45) is 5.41 Å². The van der Waals surface area contributed by atoms with Gasteiger partial charge in [-0.1, -0.05) is 31.6 Å². The molecule has 2 rings (SSSR count). The first-order chi connectivity index (χ1) is 13.4. The van der Waals surface area contributed by atoms with Crippen LogP contribution in [0.5, 0.6) is 0 Å². The van der Waals surface area contributed by atoms with Crippen molar-refractivity contribution < 1.29 is 39.8 Å². The van der Waals surface area contributed by atoms with Crippen LogP contribution in [0.2, 0.25) is 0 Å². The number of ether oxygens (including phenoxy) is 2. The van der Waals surface area contributed by atoms with E-state index >= 15 is 0 Å². The van der Waals surface area contributed by atoms with Crippen molar-refractivity contribution in [3.05, 3.63) is 35.5 Å². The number of hydrogen-bond acceptors (Lipinski definition) is 8. The van der Waals surface area contributed by atoms with Crippen molar-refractivity contribution >= 4 is 5.78 Å². The van der Waals surface area contributed by atoms with Gasteiger partial charge in [-0.2, -0.15) is 0 Å². The van der Waals surface area contributed by atoms with Crippen LogP contribution in [0.1, 0.15) is 34.1 Å². The third kappa shape index (κ3) is 5.03. The second kappa shape index (κ2) is 9.18. The summed E-state index contributed by atoms with van der Waals surface area (Å²) < 4.78 is 10.7. The molecular weight excluding hydrogens is 380 g/mol. The van der Waals surface area contributed by atoms with Crippen molar-refractivity contribution in [2.45, 2.75) is 70.4 Å². The van der Waals surface area contributed by atoms with Crippen molar-refractivity contribution in [1.82, 2.24) is 0 Å². The largest absolute Gasteiger partial charge is 0.394 e. The number of aliphatic hydroxyl groups excluding tert-OH is 4. The normalized spacial score (nSPS) is 38.4. The molecule has 8 nitrogen and oxygen atoms in total. The summed E-state index contributed by atoms with van der Waals surface area (Å²) >= 11 is 0. The highest BCUT2D eigenvalue weighted by Crippen LogP contribution is 2.44. The van der Waals surface area contributed by atoms with Crippen molar-refractivity contribution in [2.75, 3.05) is 13.2 Å². The number of aliphatic hydroxyl groups is 5. The molecule has 0 amide bonds. The average Bonchev–Trinajstić information content (AvgIpc) is 2.64. The lowest BCUT2D eigenvalue weighted by atomic mass is 9.64. The number of carbonyl (C=O) groups excluding carboxylic acids is 1. The molecule has 29 heavy (non-hydrogen) atoms. The maximum absolute atomic E-state index is 11.8. The smallest absolute Gasteiger partial charge is 0.187 e. The Labute approximate surface area is 170 Å². The molecule has 0 bridgehead atoms. The van der Waals surface area contributed by atoms with Crippen LogP contribution in [0.15, 0.2) is 35.5 Å². The monoisotopic (exact) mass is 412 g/mol. The summed E-state index contributed by atoms with van der Waals surface area (Å²) in [7, 11) is 0. The molecule has 6 atom stereocenters. The minimum atomic E-state index is -1.49. The highest BCUT2D eigenvalue weighted by atomic mass is 16.7. The Hall–Kier alpha value is -1.39. The molecule has 1 aliphatic heterocycles. The van der Waals surface area contributed by atoms with E-state index in [0.29, 0.717) is 5.57 Å². The van der Waals surface area contributed by atoms with Crippen molar-refractivity contribution in [3.8, 4) is 0 Å². The fraction of sp³-hybridized carbons (Fsp3) is 0.667. The summed E-state index contributed by atoms with van der Waals surface area (Å²) in [6, 6.07) is 0. The van der Waals surface area contributed by atoms with Crippen LogP contribution in [0.3, 0.4) is 0 Å². The van der Waals surface area contributed by atoms with Gasteiger partial charge in [0.1, 0.15) is 30.0 Å². The number of rotatable bonds is 6. The van der Waals surface area contributed by atoms with Crippen LogP contribution in [0, 0.1) is 5.41 Å². The molecule has 1 fully saturated rings. The summed E-state index contributed by atoms with van der Waals surface area (Å²) in [5.74, 6) is -0.00855. The van der Waals surface area contributed by atoms with Gasteiger partial charge in [-0.15, -0.1) is 0 Å². The predicted octanol–water partition coefficient (Wildman–Crippen LogP) is -0.0182. The molecule has 0 radical (unpaired) electrons. The van der Waals surface area contributed by atoms with Gasteiger partial charge < -0.3 is 35.0 Å². The van der Waals surface area contributed by atoms with Crippen LogP contribution >= 0.6 is 0 Å². The van der Waals surface area contributed by atoms with Gasteiger partial charge in [0.2, 0.25) is 0 Å². The Morgan fingerprint density at radius 3 is 2.52 bits per heavy atom. The summed E-state index contributed by atoms with van der Waals surface area (Å²) in [4.78, 5) is 11.8. The third-order valence-corrected chi connectivity index (χ3v) is 5.73. The molecule has 1 saturated heterocycles. The molecule has 8 heteroatoms. The molecular formula is C21H32O8. The Bertz CT molecular complexity index is 693. The Balaban J connectivity index is 2.01. The molecule has 0 aromatic rings. The van der Waals surface area contributed by atoms with Crippen LogP contribution < -0.4 is 0 Å². The lowest BCUT2D eigenvalue weighted by Gasteiger charge is -2.44. The number of hydrogen-bond donors (Lipinski definition) is 5. The molecule has 0 aromatic carbocycles. The summed E-state index contributed by atoms with van der Waals surface area (Å²) in [5, 5.41) is 49.8. The van der Waals surface area contributed by atoms with E-state index in [-0.39, 0.29) is 18.8 Å². The zero-order valence-corrected chi connectivity index (χ0v) is 17.3. The molecule has 2 aliphatic rings. The maximum Gasteiger partial charge on any atom is 0.187 e. The number of carbonyl (C=O) groups is 1. The molecule has 0 saturated carbocycles. The third-order valence-electron chi connectivity index (χ3n) is 5.73. The van der Waals surface area contributed by atoms with Gasteiger partial charge in [-0.25, -0.2) is 0 Å². The van der Waals surface area contributed by atoms with E-state index in [9.17, 15) is 30.3 Å². The van der Waals surface area contributed by atoms with E-state index in [4.69, 9.17) is 9.47 Å². The highest BCUT2D eigenvalue weighted by Gasteiger charge is 2.47. The Morgan fingerprint density at radius 2 is 1.93 bits per heavy atom. The second-order valence-corrected chi connectivity index (χ2v) is 8.43. The van der Waals surface area contributed by atoms with Crippen LogP contribution in [0.25, 0.3) is 0 Å². The number of allylic oxidation sites excluding steroid dienone is 3. The quantitative estimate of drug-likeness (QED) is 0.384. The second-order valence-electron chi connectivity index (χ2n) is 8.43. The minimum absolute atomic E-state index is 0.00855. The van der Waals surface area contributed by atoms with Gasteiger partial charge in [-0.3, -0.25) is 4.79 Å². The molecule has 0 aromatic heterocycles. The lowest BCUT2D eigenvalue weighted by molar-refractivity contribution is -0.298. The fourth-order valence-electron chi connectivity index (χ4n) is 3.66. The molecule has 1 heterocycles. The van der Waals surface area contributed by atoms with Crippen LogP contribution in [0.4, 0.5) is 0 Å². The summed E-state index contributed by atoms with van der Waals surface area (Å²) in [6.45, 7) is 6.72. The number of ketones is 1. The topological polar surface area (TPSA) is 137 Å². The van der Waals surface area contributed by atoms with Crippen molar-refractivity contribution in [3.63, 3.8) is 0 Å². The molecule has 164 valence electrons. The maximum atomic E-state index is 11.8. The minimum Gasteiger partial charge on any atom is -0.394 e. The van der Waals surface area contributed by atoms with Gasteiger partial charge in [-0.05, 0) is 31.6 Å². The van der Waals surface area contributed by atoms with Crippen LogP contribution in [-0.4, -0.2) is 80.8 Å². The van der Waals surface area contributed by atoms with E-state index in [0.717, 1.165) is 5.57 Å².